The molecular formula is C30H25BrN2O6S. The van der Waals surface area contributed by atoms with Gasteiger partial charge in [-0.3, -0.25) is 9.36 Å². The SMILES string of the molecule is CCOC(=O)C1=C(C)N=c2s/c(=C\c3ccc(-c4cccc(C(=O)OCC)c4)o3)c(=O)n2[C@H]1c1ccc(Br)cc1. The summed E-state index contributed by atoms with van der Waals surface area (Å²) in [5.41, 5.74) is 2.41. The number of benzene rings is 2. The van der Waals surface area contributed by atoms with Crippen molar-refractivity contribution in [1.29, 1.82) is 0 Å². The first-order chi connectivity index (χ1) is 19.3. The van der Waals surface area contributed by atoms with E-state index in [2.05, 4.69) is 20.9 Å². The number of carbonyl (C=O) groups excluding carboxylic acids is 2. The predicted octanol–water partition coefficient (Wildman–Crippen LogP) is 5.00. The lowest BCUT2D eigenvalue weighted by atomic mass is 9.96. The monoisotopic (exact) mass is 620 g/mol. The molecule has 0 spiro atoms. The summed E-state index contributed by atoms with van der Waals surface area (Å²) in [6.45, 7) is 5.73. The molecule has 40 heavy (non-hydrogen) atoms. The molecule has 0 amide bonds. The molecule has 0 saturated carbocycles. The summed E-state index contributed by atoms with van der Waals surface area (Å²) in [4.78, 5) is 44.0. The topological polar surface area (TPSA) is 100 Å². The number of hydrogen-bond acceptors (Lipinski definition) is 8. The highest BCUT2D eigenvalue weighted by atomic mass is 79.9. The molecule has 0 fully saturated rings. The second kappa shape index (κ2) is 11.6. The van der Waals surface area contributed by atoms with Gasteiger partial charge in [0.05, 0.1) is 40.6 Å². The first-order valence-corrected chi connectivity index (χ1v) is 14.2. The molecule has 0 N–H and O–H groups in total. The highest BCUT2D eigenvalue weighted by Gasteiger charge is 2.33. The number of allylic oxidation sites excluding steroid dienone is 1. The number of esters is 2. The smallest absolute Gasteiger partial charge is 0.338 e. The van der Waals surface area contributed by atoms with Crippen molar-refractivity contribution in [2.45, 2.75) is 26.8 Å². The number of nitrogens with zero attached hydrogens (tertiary/aromatic N) is 2. The molecule has 1 atom stereocenters. The number of halogens is 1. The molecule has 2 aromatic carbocycles. The zero-order valence-corrected chi connectivity index (χ0v) is 24.4. The largest absolute Gasteiger partial charge is 0.463 e. The highest BCUT2D eigenvalue weighted by molar-refractivity contribution is 9.10. The lowest BCUT2D eigenvalue weighted by molar-refractivity contribution is -0.139. The molecule has 0 aliphatic carbocycles. The Balaban J connectivity index is 1.57. The molecule has 0 unspecified atom stereocenters. The Kier molecular flexibility index (Phi) is 7.99. The molecule has 2 aromatic heterocycles. The first-order valence-electron chi connectivity index (χ1n) is 12.6. The first kappa shape index (κ1) is 27.5. The summed E-state index contributed by atoms with van der Waals surface area (Å²) < 4.78 is 19.3. The maximum absolute atomic E-state index is 13.8. The van der Waals surface area contributed by atoms with E-state index in [-0.39, 0.29) is 18.8 Å². The Morgan fingerprint density at radius 1 is 1.05 bits per heavy atom. The van der Waals surface area contributed by atoms with Gasteiger partial charge >= 0.3 is 11.9 Å². The minimum absolute atomic E-state index is 0.205. The minimum Gasteiger partial charge on any atom is -0.463 e. The summed E-state index contributed by atoms with van der Waals surface area (Å²) in [7, 11) is 0. The third-order valence-corrected chi connectivity index (χ3v) is 7.77. The van der Waals surface area contributed by atoms with Crippen LogP contribution in [0.2, 0.25) is 0 Å². The van der Waals surface area contributed by atoms with Crippen LogP contribution in [0.15, 0.2) is 90.6 Å². The Morgan fingerprint density at radius 2 is 1.77 bits per heavy atom. The van der Waals surface area contributed by atoms with E-state index in [0.29, 0.717) is 43.3 Å². The second-order valence-electron chi connectivity index (χ2n) is 8.86. The molecule has 0 bridgehead atoms. The molecule has 1 aliphatic heterocycles. The van der Waals surface area contributed by atoms with Crippen LogP contribution in [-0.2, 0) is 14.3 Å². The number of aromatic nitrogens is 1. The van der Waals surface area contributed by atoms with Crippen LogP contribution < -0.4 is 14.9 Å². The fourth-order valence-electron chi connectivity index (χ4n) is 4.48. The van der Waals surface area contributed by atoms with E-state index in [0.717, 1.165) is 10.0 Å². The van der Waals surface area contributed by atoms with E-state index < -0.39 is 18.0 Å². The van der Waals surface area contributed by atoms with E-state index in [4.69, 9.17) is 13.9 Å². The van der Waals surface area contributed by atoms with Crippen molar-refractivity contribution in [3.05, 3.63) is 113 Å². The van der Waals surface area contributed by atoms with Gasteiger partial charge in [0, 0.05) is 16.1 Å². The van der Waals surface area contributed by atoms with E-state index in [1.807, 2.05) is 30.3 Å². The van der Waals surface area contributed by atoms with Crippen LogP contribution in [0.1, 0.15) is 48.5 Å². The molecule has 0 saturated heterocycles. The maximum atomic E-state index is 13.8. The Hall–Kier alpha value is -4.02. The van der Waals surface area contributed by atoms with Crippen molar-refractivity contribution in [3.63, 3.8) is 0 Å². The number of rotatable bonds is 7. The van der Waals surface area contributed by atoms with Crippen molar-refractivity contribution in [2.75, 3.05) is 13.2 Å². The van der Waals surface area contributed by atoms with Crippen LogP contribution in [0.4, 0.5) is 0 Å². The van der Waals surface area contributed by atoms with Crippen molar-refractivity contribution in [2.24, 2.45) is 4.99 Å². The van der Waals surface area contributed by atoms with E-state index in [1.54, 1.807) is 57.2 Å². The zero-order chi connectivity index (χ0) is 28.4. The summed E-state index contributed by atoms with van der Waals surface area (Å²) >= 11 is 4.66. The zero-order valence-electron chi connectivity index (χ0n) is 22.0. The lowest BCUT2D eigenvalue weighted by Gasteiger charge is -2.24. The molecule has 8 nitrogen and oxygen atoms in total. The second-order valence-corrected chi connectivity index (χ2v) is 10.8. The van der Waals surface area contributed by atoms with Crippen LogP contribution in [-0.4, -0.2) is 29.7 Å². The van der Waals surface area contributed by atoms with Crippen LogP contribution in [0.25, 0.3) is 17.4 Å². The average molecular weight is 622 g/mol. The molecule has 0 radical (unpaired) electrons. The average Bonchev–Trinajstić information content (AvgIpc) is 3.53. The van der Waals surface area contributed by atoms with E-state index >= 15 is 0 Å². The molecule has 204 valence electrons. The number of carbonyl (C=O) groups is 2. The summed E-state index contributed by atoms with van der Waals surface area (Å²) in [6.07, 6.45) is 1.66. The van der Waals surface area contributed by atoms with Crippen molar-refractivity contribution in [3.8, 4) is 11.3 Å². The van der Waals surface area contributed by atoms with Crippen molar-refractivity contribution < 1.29 is 23.5 Å². The fraction of sp³-hybridized carbons (Fsp3) is 0.200. The molecule has 3 heterocycles. The Labute approximate surface area is 242 Å². The Bertz CT molecular complexity index is 1810. The van der Waals surface area contributed by atoms with Gasteiger partial charge in [-0.1, -0.05) is 51.5 Å². The lowest BCUT2D eigenvalue weighted by Crippen LogP contribution is -2.39. The van der Waals surface area contributed by atoms with E-state index in [1.165, 1.54) is 15.9 Å². The number of furan rings is 1. The van der Waals surface area contributed by atoms with Crippen LogP contribution in [0, 0.1) is 0 Å². The van der Waals surface area contributed by atoms with Crippen LogP contribution >= 0.6 is 27.3 Å². The predicted molar refractivity (Wildman–Crippen MR) is 155 cm³/mol. The fourth-order valence-corrected chi connectivity index (χ4v) is 5.77. The van der Waals surface area contributed by atoms with Gasteiger partial charge in [-0.25, -0.2) is 14.6 Å². The van der Waals surface area contributed by atoms with Crippen LogP contribution in [0.5, 0.6) is 0 Å². The quantitative estimate of drug-likeness (QED) is 0.270. The van der Waals surface area contributed by atoms with Crippen LogP contribution in [0.3, 0.4) is 0 Å². The van der Waals surface area contributed by atoms with Gasteiger partial charge in [-0.05, 0) is 62.7 Å². The van der Waals surface area contributed by atoms with Gasteiger partial charge in [-0.15, -0.1) is 0 Å². The summed E-state index contributed by atoms with van der Waals surface area (Å²) in [6, 6.07) is 17.3. The third kappa shape index (κ3) is 5.37. The number of hydrogen-bond donors (Lipinski definition) is 0. The van der Waals surface area contributed by atoms with Gasteiger partial charge in [-0.2, -0.15) is 0 Å². The van der Waals surface area contributed by atoms with Gasteiger partial charge in [0.2, 0.25) is 0 Å². The standard InChI is InChI=1S/C30H25BrN2O6S/c1-4-37-28(35)20-8-6-7-19(15-20)23-14-13-22(39-23)16-24-27(34)33-26(18-9-11-21(31)12-10-18)25(29(36)38-5-2)17(3)32-30(33)40-24/h6-16,26H,4-5H2,1-3H3/b24-16-/t26-/m0/s1. The Morgan fingerprint density at radius 3 is 2.50 bits per heavy atom. The molecule has 5 rings (SSSR count). The molecular weight excluding hydrogens is 596 g/mol. The molecule has 10 heteroatoms. The molecule has 4 aromatic rings. The van der Waals surface area contributed by atoms with Gasteiger partial charge < -0.3 is 13.9 Å². The number of ether oxygens (including phenoxy) is 2. The summed E-state index contributed by atoms with van der Waals surface area (Å²) in [5.74, 6) is 0.0865. The number of thiazole rings is 1. The molecule has 1 aliphatic rings. The summed E-state index contributed by atoms with van der Waals surface area (Å²) in [5, 5.41) is 0. The van der Waals surface area contributed by atoms with Gasteiger partial charge in [0.25, 0.3) is 5.56 Å². The normalized spacial score (nSPS) is 15.0. The number of fused-ring (bicyclic) bond motifs is 1. The van der Waals surface area contributed by atoms with Crippen molar-refractivity contribution in [1.82, 2.24) is 4.57 Å². The highest BCUT2D eigenvalue weighted by Crippen LogP contribution is 2.31. The maximum Gasteiger partial charge on any atom is 0.338 e. The third-order valence-electron chi connectivity index (χ3n) is 6.26. The minimum atomic E-state index is -0.691. The van der Waals surface area contributed by atoms with E-state index in [9.17, 15) is 14.4 Å². The van der Waals surface area contributed by atoms with Crippen molar-refractivity contribution >= 4 is 45.3 Å². The van der Waals surface area contributed by atoms with Gasteiger partial charge in [0.1, 0.15) is 11.5 Å². The van der Waals surface area contributed by atoms with Gasteiger partial charge in [0.15, 0.2) is 4.80 Å².